The van der Waals surface area contributed by atoms with Gasteiger partial charge in [-0.3, -0.25) is 4.79 Å². The largest absolute Gasteiger partial charge is 0.481 e. The molecular weight excluding hydrogens is 152 g/mol. The molecule has 0 spiro atoms. The Morgan fingerprint density at radius 2 is 1.42 bits per heavy atom. The standard InChI is InChI=1S/C10H20O2/c1-6(2)7(3)8(4)9(5)10(11)12/h6-9H,1-5H3,(H,11,12). The van der Waals surface area contributed by atoms with E-state index in [1.807, 2.05) is 6.92 Å². The van der Waals surface area contributed by atoms with Crippen LogP contribution in [0.2, 0.25) is 0 Å². The zero-order chi connectivity index (χ0) is 9.89. The Balaban J connectivity index is 4.18. The van der Waals surface area contributed by atoms with E-state index in [0.29, 0.717) is 11.8 Å². The highest BCUT2D eigenvalue weighted by Crippen LogP contribution is 2.26. The molecule has 0 amide bonds. The first kappa shape index (κ1) is 11.5. The molecule has 0 heterocycles. The summed E-state index contributed by atoms with van der Waals surface area (Å²) in [5.41, 5.74) is 0. The predicted molar refractivity (Wildman–Crippen MR) is 50.0 cm³/mol. The average Bonchev–Trinajstić information content (AvgIpc) is 2.00. The zero-order valence-electron chi connectivity index (χ0n) is 8.66. The van der Waals surface area contributed by atoms with Crippen LogP contribution in [0, 0.1) is 23.7 Å². The average molecular weight is 172 g/mol. The van der Waals surface area contributed by atoms with Crippen molar-refractivity contribution in [3.8, 4) is 0 Å². The Kier molecular flexibility index (Phi) is 4.29. The molecule has 2 nitrogen and oxygen atoms in total. The highest BCUT2D eigenvalue weighted by atomic mass is 16.4. The van der Waals surface area contributed by atoms with Crippen LogP contribution in [-0.2, 0) is 4.79 Å². The van der Waals surface area contributed by atoms with Gasteiger partial charge in [0.25, 0.3) is 0 Å². The highest BCUT2D eigenvalue weighted by molar-refractivity contribution is 5.69. The van der Waals surface area contributed by atoms with E-state index in [2.05, 4.69) is 20.8 Å². The third-order valence-corrected chi connectivity index (χ3v) is 3.06. The lowest BCUT2D eigenvalue weighted by Crippen LogP contribution is -2.26. The predicted octanol–water partition coefficient (Wildman–Crippen LogP) is 2.64. The Morgan fingerprint density at radius 3 is 1.67 bits per heavy atom. The van der Waals surface area contributed by atoms with Crippen LogP contribution in [0.4, 0.5) is 0 Å². The molecule has 0 aromatic carbocycles. The first-order valence-electron chi connectivity index (χ1n) is 4.60. The zero-order valence-corrected chi connectivity index (χ0v) is 8.66. The first-order valence-corrected chi connectivity index (χ1v) is 4.60. The van der Waals surface area contributed by atoms with E-state index < -0.39 is 5.97 Å². The van der Waals surface area contributed by atoms with Crippen molar-refractivity contribution in [1.29, 1.82) is 0 Å². The summed E-state index contributed by atoms with van der Waals surface area (Å²) in [5.74, 6) is 0.359. The van der Waals surface area contributed by atoms with Gasteiger partial charge in [0.1, 0.15) is 0 Å². The molecule has 0 rings (SSSR count). The molecule has 0 aromatic rings. The fourth-order valence-corrected chi connectivity index (χ4v) is 1.29. The van der Waals surface area contributed by atoms with Gasteiger partial charge in [0.15, 0.2) is 0 Å². The van der Waals surface area contributed by atoms with Crippen LogP contribution in [0.5, 0.6) is 0 Å². The van der Waals surface area contributed by atoms with Gasteiger partial charge >= 0.3 is 5.97 Å². The number of carboxylic acid groups (broad SMARTS) is 1. The maximum Gasteiger partial charge on any atom is 0.306 e. The number of hydrogen-bond donors (Lipinski definition) is 1. The Morgan fingerprint density at radius 1 is 1.00 bits per heavy atom. The monoisotopic (exact) mass is 172 g/mol. The third-order valence-electron chi connectivity index (χ3n) is 3.06. The smallest absolute Gasteiger partial charge is 0.306 e. The van der Waals surface area contributed by atoms with Gasteiger partial charge < -0.3 is 5.11 Å². The molecule has 0 fully saturated rings. The van der Waals surface area contributed by atoms with Crippen molar-refractivity contribution in [3.05, 3.63) is 0 Å². The van der Waals surface area contributed by atoms with Crippen molar-refractivity contribution < 1.29 is 9.90 Å². The van der Waals surface area contributed by atoms with Gasteiger partial charge in [-0.25, -0.2) is 0 Å². The minimum Gasteiger partial charge on any atom is -0.481 e. The van der Waals surface area contributed by atoms with Gasteiger partial charge in [0.2, 0.25) is 0 Å². The summed E-state index contributed by atoms with van der Waals surface area (Å²) in [5, 5.41) is 8.78. The van der Waals surface area contributed by atoms with Crippen molar-refractivity contribution in [2.24, 2.45) is 23.7 Å². The summed E-state index contributed by atoms with van der Waals surface area (Å²) in [4.78, 5) is 10.7. The van der Waals surface area contributed by atoms with Crippen molar-refractivity contribution in [2.75, 3.05) is 0 Å². The second kappa shape index (κ2) is 4.48. The molecule has 72 valence electrons. The van der Waals surface area contributed by atoms with E-state index in [-0.39, 0.29) is 11.8 Å². The van der Waals surface area contributed by atoms with Gasteiger partial charge in [-0.15, -0.1) is 0 Å². The lowest BCUT2D eigenvalue weighted by atomic mass is 9.79. The first-order chi connectivity index (χ1) is 5.37. The lowest BCUT2D eigenvalue weighted by Gasteiger charge is -2.26. The fraction of sp³-hybridized carbons (Fsp3) is 0.900. The molecule has 0 aliphatic rings. The molecule has 0 aliphatic heterocycles. The SMILES string of the molecule is CC(C)C(C)C(C)C(C)C(=O)O. The minimum atomic E-state index is -0.685. The van der Waals surface area contributed by atoms with Crippen LogP contribution in [-0.4, -0.2) is 11.1 Å². The lowest BCUT2D eigenvalue weighted by molar-refractivity contribution is -0.143. The number of hydrogen-bond acceptors (Lipinski definition) is 1. The van der Waals surface area contributed by atoms with Gasteiger partial charge in [-0.1, -0.05) is 34.6 Å². The molecule has 12 heavy (non-hydrogen) atoms. The third kappa shape index (κ3) is 2.84. The van der Waals surface area contributed by atoms with Crippen molar-refractivity contribution in [1.82, 2.24) is 0 Å². The molecular formula is C10H20O2. The van der Waals surface area contributed by atoms with Gasteiger partial charge in [-0.05, 0) is 17.8 Å². The Hall–Kier alpha value is -0.530. The summed E-state index contributed by atoms with van der Waals surface area (Å²) in [6.07, 6.45) is 0. The van der Waals surface area contributed by atoms with Crippen LogP contribution < -0.4 is 0 Å². The highest BCUT2D eigenvalue weighted by Gasteiger charge is 2.25. The van der Waals surface area contributed by atoms with E-state index >= 15 is 0 Å². The van der Waals surface area contributed by atoms with Crippen LogP contribution >= 0.6 is 0 Å². The molecule has 0 radical (unpaired) electrons. The molecule has 0 aliphatic carbocycles. The summed E-state index contributed by atoms with van der Waals surface area (Å²) in [6, 6.07) is 0. The summed E-state index contributed by atoms with van der Waals surface area (Å²) < 4.78 is 0. The maximum absolute atomic E-state index is 10.7. The molecule has 0 aromatic heterocycles. The van der Waals surface area contributed by atoms with Gasteiger partial charge in [0, 0.05) is 0 Å². The molecule has 3 atom stereocenters. The number of aliphatic carboxylic acids is 1. The molecule has 1 N–H and O–H groups in total. The fourth-order valence-electron chi connectivity index (χ4n) is 1.29. The molecule has 0 bridgehead atoms. The van der Waals surface area contributed by atoms with E-state index in [1.54, 1.807) is 6.92 Å². The molecule has 3 unspecified atom stereocenters. The molecule has 2 heteroatoms. The molecule has 0 saturated carbocycles. The Labute approximate surface area is 75.0 Å². The number of carboxylic acids is 1. The second-order valence-corrected chi connectivity index (χ2v) is 4.09. The van der Waals surface area contributed by atoms with Crippen LogP contribution in [0.3, 0.4) is 0 Å². The van der Waals surface area contributed by atoms with Crippen LogP contribution in [0.15, 0.2) is 0 Å². The Bertz CT molecular complexity index is 152. The normalized spacial score (nSPS) is 18.8. The number of carbonyl (C=O) groups is 1. The van der Waals surface area contributed by atoms with E-state index in [1.165, 1.54) is 0 Å². The van der Waals surface area contributed by atoms with Crippen LogP contribution in [0.1, 0.15) is 34.6 Å². The minimum absolute atomic E-state index is 0.234. The summed E-state index contributed by atoms with van der Waals surface area (Å²) >= 11 is 0. The summed E-state index contributed by atoms with van der Waals surface area (Å²) in [7, 11) is 0. The van der Waals surface area contributed by atoms with Gasteiger partial charge in [0.05, 0.1) is 5.92 Å². The van der Waals surface area contributed by atoms with Crippen molar-refractivity contribution >= 4 is 5.97 Å². The van der Waals surface area contributed by atoms with Crippen LogP contribution in [0.25, 0.3) is 0 Å². The van der Waals surface area contributed by atoms with E-state index in [9.17, 15) is 4.79 Å². The van der Waals surface area contributed by atoms with Crippen molar-refractivity contribution in [2.45, 2.75) is 34.6 Å². The second-order valence-electron chi connectivity index (χ2n) is 4.09. The van der Waals surface area contributed by atoms with E-state index in [0.717, 1.165) is 0 Å². The quantitative estimate of drug-likeness (QED) is 0.707. The van der Waals surface area contributed by atoms with Gasteiger partial charge in [-0.2, -0.15) is 0 Å². The maximum atomic E-state index is 10.7. The van der Waals surface area contributed by atoms with Crippen molar-refractivity contribution in [3.63, 3.8) is 0 Å². The topological polar surface area (TPSA) is 37.3 Å². The summed E-state index contributed by atoms with van der Waals surface area (Å²) in [6.45, 7) is 10.2. The van der Waals surface area contributed by atoms with E-state index in [4.69, 9.17) is 5.11 Å². The molecule has 0 saturated heterocycles. The number of rotatable bonds is 4.